The lowest BCUT2D eigenvalue weighted by Gasteiger charge is -2.09. The van der Waals surface area contributed by atoms with E-state index in [-0.39, 0.29) is 11.7 Å². The second-order valence-electron chi connectivity index (χ2n) is 5.09. The smallest absolute Gasteiger partial charge is 0.251 e. The predicted molar refractivity (Wildman–Crippen MR) is 86.6 cm³/mol. The molecule has 2 aromatic rings. The highest BCUT2D eigenvalue weighted by atomic mass is 19.1. The Balaban J connectivity index is 1.86. The molecule has 4 nitrogen and oxygen atoms in total. The monoisotopic (exact) mass is 317 g/mol. The molecule has 2 rings (SSSR count). The van der Waals surface area contributed by atoms with Crippen LogP contribution in [-0.4, -0.2) is 26.7 Å². The fourth-order valence-corrected chi connectivity index (χ4v) is 2.19. The molecule has 0 saturated heterocycles. The molecule has 0 aromatic heterocycles. The summed E-state index contributed by atoms with van der Waals surface area (Å²) in [6.45, 7) is 0.537. The van der Waals surface area contributed by atoms with Gasteiger partial charge in [0.15, 0.2) is 0 Å². The zero-order valence-electron chi connectivity index (χ0n) is 13.3. The van der Waals surface area contributed by atoms with Crippen LogP contribution in [0.25, 0.3) is 0 Å². The minimum Gasteiger partial charge on any atom is -0.497 e. The molecule has 0 radical (unpaired) electrons. The molecule has 0 spiro atoms. The van der Waals surface area contributed by atoms with Crippen molar-refractivity contribution in [3.63, 3.8) is 0 Å². The molecule has 1 amide bonds. The molecule has 1 N–H and O–H groups in total. The summed E-state index contributed by atoms with van der Waals surface area (Å²) in [5, 5.41) is 2.86. The molecule has 0 aliphatic carbocycles. The topological polar surface area (TPSA) is 47.6 Å². The Hall–Kier alpha value is -2.56. The van der Waals surface area contributed by atoms with Gasteiger partial charge in [-0.2, -0.15) is 0 Å². The maximum Gasteiger partial charge on any atom is 0.251 e. The van der Waals surface area contributed by atoms with E-state index < -0.39 is 0 Å². The highest BCUT2D eigenvalue weighted by molar-refractivity contribution is 5.95. The number of halogens is 1. The summed E-state index contributed by atoms with van der Waals surface area (Å²) < 4.78 is 23.1. The predicted octanol–water partition coefficient (Wildman–Crippen LogP) is 3.21. The third-order valence-electron chi connectivity index (χ3n) is 3.45. The number of hydrogen-bond acceptors (Lipinski definition) is 3. The first-order chi connectivity index (χ1) is 11.1. The molecular weight excluding hydrogens is 297 g/mol. The van der Waals surface area contributed by atoms with E-state index in [1.165, 1.54) is 12.1 Å². The van der Waals surface area contributed by atoms with Crippen molar-refractivity contribution in [3.8, 4) is 11.5 Å². The SMILES string of the molecule is COc1cc(OC)cc(C(=O)NCCCc2ccc(F)cc2)c1. The number of amides is 1. The lowest BCUT2D eigenvalue weighted by molar-refractivity contribution is 0.0952. The van der Waals surface area contributed by atoms with Crippen molar-refractivity contribution in [2.45, 2.75) is 12.8 Å². The van der Waals surface area contributed by atoms with Gasteiger partial charge in [-0.05, 0) is 42.7 Å². The Morgan fingerprint density at radius 1 is 1.04 bits per heavy atom. The number of nitrogens with one attached hydrogen (secondary N) is 1. The zero-order valence-corrected chi connectivity index (χ0v) is 13.3. The number of rotatable bonds is 7. The molecule has 5 heteroatoms. The zero-order chi connectivity index (χ0) is 16.7. The fraction of sp³-hybridized carbons (Fsp3) is 0.278. The summed E-state index contributed by atoms with van der Waals surface area (Å²) in [7, 11) is 3.08. The minimum atomic E-state index is -0.242. The summed E-state index contributed by atoms with van der Waals surface area (Å²) in [5.74, 6) is 0.719. The molecule has 23 heavy (non-hydrogen) atoms. The minimum absolute atomic E-state index is 0.179. The maximum absolute atomic E-state index is 12.8. The van der Waals surface area contributed by atoms with Gasteiger partial charge in [-0.1, -0.05) is 12.1 Å². The van der Waals surface area contributed by atoms with Crippen LogP contribution >= 0.6 is 0 Å². The van der Waals surface area contributed by atoms with Gasteiger partial charge in [0.2, 0.25) is 0 Å². The maximum atomic E-state index is 12.8. The van der Waals surface area contributed by atoms with Gasteiger partial charge in [-0.15, -0.1) is 0 Å². The van der Waals surface area contributed by atoms with Gasteiger partial charge in [0.25, 0.3) is 5.91 Å². The lowest BCUT2D eigenvalue weighted by atomic mass is 10.1. The molecule has 122 valence electrons. The molecule has 0 fully saturated rings. The van der Waals surface area contributed by atoms with Crippen LogP contribution in [0.2, 0.25) is 0 Å². The Morgan fingerprint density at radius 3 is 2.22 bits per heavy atom. The Labute approximate surface area is 135 Å². The van der Waals surface area contributed by atoms with Crippen molar-refractivity contribution in [1.29, 1.82) is 0 Å². The average molecular weight is 317 g/mol. The van der Waals surface area contributed by atoms with E-state index in [4.69, 9.17) is 9.47 Å². The standard InChI is InChI=1S/C18H20FNO3/c1-22-16-10-14(11-17(12-16)23-2)18(21)20-9-3-4-13-5-7-15(19)8-6-13/h5-8,10-12H,3-4,9H2,1-2H3,(H,20,21). The van der Waals surface area contributed by atoms with Gasteiger partial charge in [0, 0.05) is 18.2 Å². The van der Waals surface area contributed by atoms with Crippen molar-refractivity contribution >= 4 is 5.91 Å². The van der Waals surface area contributed by atoms with E-state index in [1.54, 1.807) is 44.6 Å². The summed E-state index contributed by atoms with van der Waals surface area (Å²) in [6.07, 6.45) is 1.56. The summed E-state index contributed by atoms with van der Waals surface area (Å²) >= 11 is 0. The number of benzene rings is 2. The first-order valence-corrected chi connectivity index (χ1v) is 7.38. The van der Waals surface area contributed by atoms with E-state index >= 15 is 0 Å². The van der Waals surface area contributed by atoms with E-state index in [1.807, 2.05) is 0 Å². The van der Waals surface area contributed by atoms with Crippen molar-refractivity contribution < 1.29 is 18.7 Å². The normalized spacial score (nSPS) is 10.2. The molecule has 0 aliphatic rings. The Kier molecular flexibility index (Phi) is 5.97. The van der Waals surface area contributed by atoms with Gasteiger partial charge in [-0.25, -0.2) is 4.39 Å². The molecule has 0 unspecified atom stereocenters. The van der Waals surface area contributed by atoms with Gasteiger partial charge < -0.3 is 14.8 Å². The molecule has 0 saturated carbocycles. The molecule has 0 heterocycles. The van der Waals surface area contributed by atoms with Crippen molar-refractivity contribution in [1.82, 2.24) is 5.32 Å². The van der Waals surface area contributed by atoms with E-state index in [2.05, 4.69) is 5.32 Å². The summed E-state index contributed by atoms with van der Waals surface area (Å²) in [6, 6.07) is 11.4. The molecule has 0 aliphatic heterocycles. The number of ether oxygens (including phenoxy) is 2. The second kappa shape index (κ2) is 8.17. The van der Waals surface area contributed by atoms with Gasteiger partial charge in [0.05, 0.1) is 14.2 Å². The quantitative estimate of drug-likeness (QED) is 0.798. The van der Waals surface area contributed by atoms with Crippen LogP contribution in [0.15, 0.2) is 42.5 Å². The third kappa shape index (κ3) is 4.98. The number of carbonyl (C=O) groups excluding carboxylic acids is 1. The number of carbonyl (C=O) groups is 1. The van der Waals surface area contributed by atoms with Gasteiger partial charge in [0.1, 0.15) is 17.3 Å². The van der Waals surface area contributed by atoms with Crippen LogP contribution in [0.4, 0.5) is 4.39 Å². The van der Waals surface area contributed by atoms with E-state index in [9.17, 15) is 9.18 Å². The first kappa shape index (κ1) is 16.8. The Morgan fingerprint density at radius 2 is 1.65 bits per heavy atom. The lowest BCUT2D eigenvalue weighted by Crippen LogP contribution is -2.24. The summed E-state index contributed by atoms with van der Waals surface area (Å²) in [4.78, 5) is 12.2. The van der Waals surface area contributed by atoms with Crippen LogP contribution in [0.5, 0.6) is 11.5 Å². The van der Waals surface area contributed by atoms with Crippen LogP contribution in [0.3, 0.4) is 0 Å². The number of hydrogen-bond donors (Lipinski definition) is 1. The van der Waals surface area contributed by atoms with Crippen LogP contribution in [-0.2, 0) is 6.42 Å². The van der Waals surface area contributed by atoms with Crippen molar-refractivity contribution in [2.75, 3.05) is 20.8 Å². The first-order valence-electron chi connectivity index (χ1n) is 7.38. The van der Waals surface area contributed by atoms with E-state index in [0.717, 1.165) is 18.4 Å². The fourth-order valence-electron chi connectivity index (χ4n) is 2.19. The van der Waals surface area contributed by atoms with E-state index in [0.29, 0.717) is 23.6 Å². The van der Waals surface area contributed by atoms with Crippen molar-refractivity contribution in [3.05, 3.63) is 59.4 Å². The van der Waals surface area contributed by atoms with Crippen molar-refractivity contribution in [2.24, 2.45) is 0 Å². The third-order valence-corrected chi connectivity index (χ3v) is 3.45. The molecular formula is C18H20FNO3. The highest BCUT2D eigenvalue weighted by Gasteiger charge is 2.09. The summed E-state index contributed by atoms with van der Waals surface area (Å²) in [5.41, 5.74) is 1.53. The van der Waals surface area contributed by atoms with Crippen LogP contribution in [0, 0.1) is 5.82 Å². The van der Waals surface area contributed by atoms with Gasteiger partial charge in [-0.3, -0.25) is 4.79 Å². The molecule has 0 bridgehead atoms. The average Bonchev–Trinajstić information content (AvgIpc) is 2.59. The number of aryl methyl sites for hydroxylation is 1. The van der Waals surface area contributed by atoms with Gasteiger partial charge >= 0.3 is 0 Å². The second-order valence-corrected chi connectivity index (χ2v) is 5.09. The van der Waals surface area contributed by atoms with Crippen LogP contribution in [0.1, 0.15) is 22.3 Å². The Bertz CT molecular complexity index is 634. The molecule has 2 aromatic carbocycles. The van der Waals surface area contributed by atoms with Crippen LogP contribution < -0.4 is 14.8 Å². The molecule has 0 atom stereocenters. The highest BCUT2D eigenvalue weighted by Crippen LogP contribution is 2.22. The number of methoxy groups -OCH3 is 2. The largest absolute Gasteiger partial charge is 0.497 e.